The number of rotatable bonds is 4. The topological polar surface area (TPSA) is 46.2 Å². The largest absolute Gasteiger partial charge is 0.505 e. The van der Waals surface area contributed by atoms with Crippen LogP contribution in [0, 0.1) is 5.82 Å². The van der Waals surface area contributed by atoms with E-state index < -0.39 is 5.82 Å². The number of hydrogen-bond donors (Lipinski definition) is 2. The quantitative estimate of drug-likeness (QED) is 0.762. The van der Waals surface area contributed by atoms with Crippen molar-refractivity contribution in [2.45, 2.75) is 19.3 Å². The van der Waals surface area contributed by atoms with Gasteiger partial charge < -0.3 is 10.8 Å². The number of benzene rings is 1. The highest BCUT2D eigenvalue weighted by Gasteiger charge is 2.10. The minimum absolute atomic E-state index is 0.338. The molecule has 0 spiro atoms. The van der Waals surface area contributed by atoms with Gasteiger partial charge in [0.15, 0.2) is 11.6 Å². The van der Waals surface area contributed by atoms with E-state index in [1.807, 2.05) is 0 Å². The number of unbranched alkanes of at least 4 members (excludes halogenated alkanes) is 1. The van der Waals surface area contributed by atoms with Gasteiger partial charge in [-0.3, -0.25) is 0 Å². The van der Waals surface area contributed by atoms with Crippen molar-refractivity contribution in [1.82, 2.24) is 0 Å². The van der Waals surface area contributed by atoms with Crippen LogP contribution in [-0.4, -0.2) is 11.7 Å². The van der Waals surface area contributed by atoms with Crippen molar-refractivity contribution in [3.63, 3.8) is 0 Å². The van der Waals surface area contributed by atoms with Gasteiger partial charge in [0, 0.05) is 10.6 Å². The average molecular weight is 218 g/mol. The molecule has 0 amide bonds. The van der Waals surface area contributed by atoms with Gasteiger partial charge in [0.25, 0.3) is 0 Å². The van der Waals surface area contributed by atoms with Gasteiger partial charge >= 0.3 is 0 Å². The molecule has 0 heterocycles. The molecular formula is C10H13ClFNO. The van der Waals surface area contributed by atoms with E-state index in [1.54, 1.807) is 0 Å². The molecule has 0 bridgehead atoms. The Hall–Kier alpha value is -0.800. The van der Waals surface area contributed by atoms with Crippen LogP contribution in [0.25, 0.3) is 0 Å². The van der Waals surface area contributed by atoms with Crippen molar-refractivity contribution < 1.29 is 9.50 Å². The maximum Gasteiger partial charge on any atom is 0.165 e. The second-order valence-corrected chi connectivity index (χ2v) is 3.51. The maximum absolute atomic E-state index is 12.9. The SMILES string of the molecule is NCCCCc1c(Cl)ccc(F)c1O. The highest BCUT2D eigenvalue weighted by atomic mass is 35.5. The fraction of sp³-hybridized carbons (Fsp3) is 0.400. The van der Waals surface area contributed by atoms with Crippen LogP contribution >= 0.6 is 11.6 Å². The molecule has 0 radical (unpaired) electrons. The number of halogens is 2. The lowest BCUT2D eigenvalue weighted by molar-refractivity contribution is 0.425. The summed E-state index contributed by atoms with van der Waals surface area (Å²) >= 11 is 5.82. The molecule has 0 saturated carbocycles. The summed E-state index contributed by atoms with van der Waals surface area (Å²) in [5, 5.41) is 9.79. The lowest BCUT2D eigenvalue weighted by Crippen LogP contribution is -1.99. The Kier molecular flexibility index (Phi) is 4.17. The Morgan fingerprint density at radius 3 is 2.71 bits per heavy atom. The molecule has 14 heavy (non-hydrogen) atoms. The van der Waals surface area contributed by atoms with Crippen LogP contribution in [0.2, 0.25) is 5.02 Å². The molecule has 0 aliphatic carbocycles. The second kappa shape index (κ2) is 5.17. The summed E-state index contributed by atoms with van der Waals surface area (Å²) in [6.45, 7) is 0.591. The first-order chi connectivity index (χ1) is 6.66. The first-order valence-corrected chi connectivity index (χ1v) is 4.90. The van der Waals surface area contributed by atoms with E-state index in [-0.39, 0.29) is 5.75 Å². The van der Waals surface area contributed by atoms with Gasteiger partial charge in [-0.2, -0.15) is 0 Å². The fourth-order valence-corrected chi connectivity index (χ4v) is 1.51. The van der Waals surface area contributed by atoms with Gasteiger partial charge in [0.05, 0.1) is 0 Å². The second-order valence-electron chi connectivity index (χ2n) is 3.10. The predicted octanol–water partition coefficient (Wildman–Crippen LogP) is 2.47. The first kappa shape index (κ1) is 11.3. The zero-order valence-electron chi connectivity index (χ0n) is 7.76. The number of phenolic OH excluding ortho intramolecular Hbond substituents is 1. The molecule has 78 valence electrons. The summed E-state index contributed by atoms with van der Waals surface area (Å²) in [5.41, 5.74) is 5.80. The highest BCUT2D eigenvalue weighted by Crippen LogP contribution is 2.29. The van der Waals surface area contributed by atoms with Crippen molar-refractivity contribution in [2.24, 2.45) is 5.73 Å². The van der Waals surface area contributed by atoms with Gasteiger partial charge in [0.2, 0.25) is 0 Å². The molecule has 3 N–H and O–H groups in total. The normalized spacial score (nSPS) is 10.5. The molecule has 1 aromatic carbocycles. The Labute approximate surface area is 87.5 Å². The molecule has 0 saturated heterocycles. The molecule has 0 unspecified atom stereocenters. The lowest BCUT2D eigenvalue weighted by Gasteiger charge is -2.07. The molecule has 1 aromatic rings. The van der Waals surface area contributed by atoms with Crippen LogP contribution in [0.1, 0.15) is 18.4 Å². The summed E-state index contributed by atoms with van der Waals surface area (Å²) in [4.78, 5) is 0. The van der Waals surface area contributed by atoms with E-state index >= 15 is 0 Å². The molecule has 4 heteroatoms. The Morgan fingerprint density at radius 2 is 2.07 bits per heavy atom. The zero-order chi connectivity index (χ0) is 10.6. The monoisotopic (exact) mass is 217 g/mol. The number of aromatic hydroxyl groups is 1. The van der Waals surface area contributed by atoms with Gasteiger partial charge in [-0.15, -0.1) is 0 Å². The zero-order valence-corrected chi connectivity index (χ0v) is 8.52. The van der Waals surface area contributed by atoms with Crippen molar-refractivity contribution in [3.8, 4) is 5.75 Å². The summed E-state index contributed by atoms with van der Waals surface area (Å²) in [6, 6.07) is 2.61. The Bertz CT molecular complexity index is 317. The minimum Gasteiger partial charge on any atom is -0.505 e. The molecule has 0 atom stereocenters. The van der Waals surface area contributed by atoms with Gasteiger partial charge in [-0.25, -0.2) is 4.39 Å². The number of hydrogen-bond acceptors (Lipinski definition) is 2. The van der Waals surface area contributed by atoms with Crippen LogP contribution < -0.4 is 5.73 Å². The Balaban J connectivity index is 2.79. The summed E-state index contributed by atoms with van der Waals surface area (Å²) < 4.78 is 12.9. The van der Waals surface area contributed by atoms with Gasteiger partial charge in [-0.05, 0) is 37.9 Å². The van der Waals surface area contributed by atoms with Crippen molar-refractivity contribution in [3.05, 3.63) is 28.5 Å². The molecule has 1 rings (SSSR count). The number of phenols is 1. The summed E-state index contributed by atoms with van der Waals surface area (Å²) in [6.07, 6.45) is 2.19. The van der Waals surface area contributed by atoms with Crippen LogP contribution in [0.15, 0.2) is 12.1 Å². The van der Waals surface area contributed by atoms with E-state index in [0.717, 1.165) is 18.9 Å². The Morgan fingerprint density at radius 1 is 1.36 bits per heavy atom. The van der Waals surface area contributed by atoms with Crippen molar-refractivity contribution in [2.75, 3.05) is 6.54 Å². The minimum atomic E-state index is -0.628. The maximum atomic E-state index is 12.9. The third-order valence-corrected chi connectivity index (χ3v) is 2.41. The smallest absolute Gasteiger partial charge is 0.165 e. The molecule has 0 aromatic heterocycles. The molecule has 0 aliphatic rings. The summed E-state index contributed by atoms with van der Waals surface area (Å²) in [7, 11) is 0. The highest BCUT2D eigenvalue weighted by molar-refractivity contribution is 6.31. The van der Waals surface area contributed by atoms with Crippen LogP contribution in [-0.2, 0) is 6.42 Å². The van der Waals surface area contributed by atoms with E-state index in [0.29, 0.717) is 23.6 Å². The van der Waals surface area contributed by atoms with E-state index in [9.17, 15) is 9.50 Å². The third kappa shape index (κ3) is 2.59. The molecule has 2 nitrogen and oxygen atoms in total. The lowest BCUT2D eigenvalue weighted by atomic mass is 10.1. The predicted molar refractivity (Wildman–Crippen MR) is 55.1 cm³/mol. The molecule has 0 fully saturated rings. The molecular weight excluding hydrogens is 205 g/mol. The average Bonchev–Trinajstić information content (AvgIpc) is 2.18. The van der Waals surface area contributed by atoms with Crippen LogP contribution in [0.4, 0.5) is 4.39 Å². The van der Waals surface area contributed by atoms with Gasteiger partial charge in [0.1, 0.15) is 0 Å². The first-order valence-electron chi connectivity index (χ1n) is 4.52. The molecule has 0 aliphatic heterocycles. The summed E-state index contributed by atoms with van der Waals surface area (Å²) in [5.74, 6) is -0.966. The van der Waals surface area contributed by atoms with Gasteiger partial charge in [-0.1, -0.05) is 11.6 Å². The third-order valence-electron chi connectivity index (χ3n) is 2.06. The standard InChI is InChI=1S/C10H13ClFNO/c11-8-4-5-9(12)10(14)7(8)3-1-2-6-13/h4-5,14H,1-3,6,13H2. The fourth-order valence-electron chi connectivity index (χ4n) is 1.27. The van der Waals surface area contributed by atoms with E-state index in [1.165, 1.54) is 6.07 Å². The van der Waals surface area contributed by atoms with Crippen LogP contribution in [0.3, 0.4) is 0 Å². The van der Waals surface area contributed by atoms with E-state index in [4.69, 9.17) is 17.3 Å². The van der Waals surface area contributed by atoms with E-state index in [2.05, 4.69) is 0 Å². The van der Waals surface area contributed by atoms with Crippen LogP contribution in [0.5, 0.6) is 5.75 Å². The van der Waals surface area contributed by atoms with Crippen molar-refractivity contribution in [1.29, 1.82) is 0 Å². The number of nitrogens with two attached hydrogens (primary N) is 1. The van der Waals surface area contributed by atoms with Crippen molar-refractivity contribution >= 4 is 11.6 Å².